The number of rotatable bonds is 61. The van der Waals surface area contributed by atoms with Gasteiger partial charge in [-0.15, -0.1) is 0 Å². The number of phosphoric ester groups is 1. The van der Waals surface area contributed by atoms with Gasteiger partial charge in [-0.25, -0.2) is 4.57 Å². The van der Waals surface area contributed by atoms with Crippen LogP contribution in [0.15, 0.2) is 122 Å². The lowest BCUT2D eigenvalue weighted by molar-refractivity contribution is -0.161. The van der Waals surface area contributed by atoms with Crippen LogP contribution < -0.4 is 5.73 Å². The monoisotopic (exact) mass is 1150 g/mol. The van der Waals surface area contributed by atoms with Crippen molar-refractivity contribution in [1.82, 2.24) is 0 Å². The molecule has 3 N–H and O–H groups in total. The predicted molar refractivity (Wildman–Crippen MR) is 348 cm³/mol. The highest BCUT2D eigenvalue weighted by molar-refractivity contribution is 7.47. The van der Waals surface area contributed by atoms with Crippen LogP contribution in [0, 0.1) is 0 Å². The molecule has 0 saturated carbocycles. The Balaban J connectivity index is 3.89. The maximum atomic E-state index is 12.8. The summed E-state index contributed by atoms with van der Waals surface area (Å²) in [4.78, 5) is 35.3. The van der Waals surface area contributed by atoms with Crippen LogP contribution in [-0.4, -0.2) is 49.3 Å². The Morgan fingerprint density at radius 2 is 0.642 bits per heavy atom. The summed E-state index contributed by atoms with van der Waals surface area (Å²) in [5.74, 6) is -0.829. The van der Waals surface area contributed by atoms with Gasteiger partial charge in [0.05, 0.1) is 13.2 Å². The van der Waals surface area contributed by atoms with Crippen LogP contribution in [0.5, 0.6) is 0 Å². The Morgan fingerprint density at radius 1 is 0.370 bits per heavy atom. The summed E-state index contributed by atoms with van der Waals surface area (Å²) in [5.41, 5.74) is 5.39. The van der Waals surface area contributed by atoms with Gasteiger partial charge in [0.15, 0.2) is 6.10 Å². The van der Waals surface area contributed by atoms with Gasteiger partial charge in [-0.2, -0.15) is 0 Å². The van der Waals surface area contributed by atoms with Gasteiger partial charge in [0, 0.05) is 19.4 Å². The van der Waals surface area contributed by atoms with Crippen molar-refractivity contribution >= 4 is 19.8 Å². The van der Waals surface area contributed by atoms with Crippen molar-refractivity contribution in [2.45, 2.75) is 290 Å². The van der Waals surface area contributed by atoms with Crippen LogP contribution in [0.2, 0.25) is 0 Å². The van der Waals surface area contributed by atoms with E-state index in [1.165, 1.54) is 135 Å². The van der Waals surface area contributed by atoms with Crippen LogP contribution in [-0.2, 0) is 32.7 Å². The minimum absolute atomic E-state index is 0.0491. The predicted octanol–water partition coefficient (Wildman–Crippen LogP) is 21.5. The van der Waals surface area contributed by atoms with Gasteiger partial charge in [0.2, 0.25) is 0 Å². The lowest BCUT2D eigenvalue weighted by Crippen LogP contribution is -2.29. The zero-order chi connectivity index (χ0) is 58.7. The third-order valence-electron chi connectivity index (χ3n) is 13.8. The minimum Gasteiger partial charge on any atom is -0.462 e. The fraction of sp³-hybridized carbons (Fsp3) is 0.690. The van der Waals surface area contributed by atoms with Crippen LogP contribution >= 0.6 is 7.82 Å². The topological polar surface area (TPSA) is 134 Å². The Bertz CT molecular complexity index is 1740. The van der Waals surface area contributed by atoms with Gasteiger partial charge in [-0.05, 0) is 103 Å². The molecule has 0 saturated heterocycles. The Kier molecular flexibility index (Phi) is 62.7. The molecule has 0 fully saturated rings. The third-order valence-corrected chi connectivity index (χ3v) is 14.8. The van der Waals surface area contributed by atoms with Crippen molar-refractivity contribution in [3.05, 3.63) is 122 Å². The number of unbranched alkanes of at least 4 members (excludes halogenated alkanes) is 28. The highest BCUT2D eigenvalue weighted by Gasteiger charge is 2.26. The number of phosphoric acid groups is 1. The fourth-order valence-electron chi connectivity index (χ4n) is 9.04. The second-order valence-electron chi connectivity index (χ2n) is 21.6. The number of hydrogen-bond acceptors (Lipinski definition) is 8. The highest BCUT2D eigenvalue weighted by atomic mass is 31.2. The summed E-state index contributed by atoms with van der Waals surface area (Å²) in [6.45, 7) is 3.53. The first-order valence-corrected chi connectivity index (χ1v) is 34.5. The van der Waals surface area contributed by atoms with E-state index in [1.54, 1.807) is 0 Å². The molecule has 0 heterocycles. The fourth-order valence-corrected chi connectivity index (χ4v) is 9.81. The lowest BCUT2D eigenvalue weighted by Gasteiger charge is -2.19. The van der Waals surface area contributed by atoms with E-state index in [4.69, 9.17) is 24.3 Å². The average Bonchev–Trinajstić information content (AvgIpc) is 3.46. The molecule has 10 heteroatoms. The first-order valence-electron chi connectivity index (χ1n) is 33.0. The van der Waals surface area contributed by atoms with Gasteiger partial charge >= 0.3 is 19.8 Å². The van der Waals surface area contributed by atoms with E-state index in [2.05, 4.69) is 135 Å². The number of allylic oxidation sites excluding steroid dienone is 20. The van der Waals surface area contributed by atoms with Crippen molar-refractivity contribution in [2.75, 3.05) is 26.4 Å². The van der Waals surface area contributed by atoms with Crippen molar-refractivity contribution < 1.29 is 37.6 Å². The molecule has 0 aromatic heterocycles. The Hall–Kier alpha value is -3.59. The normalized spacial score (nSPS) is 13.8. The van der Waals surface area contributed by atoms with Gasteiger partial charge in [0.25, 0.3) is 0 Å². The van der Waals surface area contributed by atoms with E-state index in [9.17, 15) is 19.0 Å². The van der Waals surface area contributed by atoms with Gasteiger partial charge < -0.3 is 20.1 Å². The van der Waals surface area contributed by atoms with Crippen molar-refractivity contribution in [3.63, 3.8) is 0 Å². The molecular weight excluding hydrogens is 1030 g/mol. The van der Waals surface area contributed by atoms with Crippen molar-refractivity contribution in [1.29, 1.82) is 0 Å². The van der Waals surface area contributed by atoms with E-state index in [-0.39, 0.29) is 38.6 Å². The number of carbonyl (C=O) groups is 2. The summed E-state index contributed by atoms with van der Waals surface area (Å²) < 4.78 is 33.1. The van der Waals surface area contributed by atoms with E-state index < -0.39 is 26.5 Å². The molecule has 2 atom stereocenters. The molecule has 9 nitrogen and oxygen atoms in total. The molecule has 81 heavy (non-hydrogen) atoms. The standard InChI is InChI=1S/C71H122NO8P/c1-3-5-7-9-11-13-15-17-19-21-23-25-27-28-29-30-31-32-33-34-35-36-37-38-39-40-42-44-46-48-50-52-54-56-58-60-62-64-71(74)80-69(68-79-81(75,76)78-66-65-72)67-77-70(73)63-61-59-57-55-53-51-49-47-45-43-41-26-24-22-20-18-16-14-12-10-8-6-4-2/h5-8,11-14,17-20,23-26,28-29,31-32,69H,3-4,9-10,15-16,21-22,27,30,33-68,72H2,1-2H3,(H,75,76)/b7-5-,8-6-,13-11-,14-12-,19-17-,20-18-,25-23-,26-24-,29-28-,32-31-. The Labute approximate surface area is 498 Å². The molecule has 0 spiro atoms. The molecule has 2 unspecified atom stereocenters. The SMILES string of the molecule is CC/C=C\C/C=C\C/C=C\C/C=C\C/C=C\C/C=C\CCCCCCCCCCCCCCCCCCCCC(=O)OC(COC(=O)CCCCCCCCCCCC/C=C\C/C=C\C/C=C\C/C=C\CC)COP(=O)(O)OCCN. The van der Waals surface area contributed by atoms with Crippen LogP contribution in [0.25, 0.3) is 0 Å². The largest absolute Gasteiger partial charge is 0.472 e. The van der Waals surface area contributed by atoms with Crippen LogP contribution in [0.3, 0.4) is 0 Å². The quantitative estimate of drug-likeness (QED) is 0.0264. The van der Waals surface area contributed by atoms with Gasteiger partial charge in [-0.3, -0.25) is 18.6 Å². The maximum absolute atomic E-state index is 12.8. The van der Waals surface area contributed by atoms with Crippen LogP contribution in [0.4, 0.5) is 0 Å². The molecule has 0 rings (SSSR count). The average molecular weight is 1150 g/mol. The number of carbonyl (C=O) groups excluding carboxylic acids is 2. The molecule has 0 aromatic carbocycles. The lowest BCUT2D eigenvalue weighted by atomic mass is 10.0. The smallest absolute Gasteiger partial charge is 0.462 e. The number of ether oxygens (including phenoxy) is 2. The summed E-state index contributed by atoms with van der Waals surface area (Å²) >= 11 is 0. The van der Waals surface area contributed by atoms with Crippen molar-refractivity contribution in [2.24, 2.45) is 5.73 Å². The number of esters is 2. The molecule has 0 aliphatic carbocycles. The van der Waals surface area contributed by atoms with Gasteiger partial charge in [-0.1, -0.05) is 289 Å². The molecule has 0 aliphatic heterocycles. The maximum Gasteiger partial charge on any atom is 0.472 e. The van der Waals surface area contributed by atoms with Crippen molar-refractivity contribution in [3.8, 4) is 0 Å². The third kappa shape index (κ3) is 65.4. The molecule has 464 valence electrons. The molecular formula is C71H122NO8P. The second kappa shape index (κ2) is 65.6. The molecule has 0 radical (unpaired) electrons. The summed E-state index contributed by atoms with van der Waals surface area (Å²) in [6, 6.07) is 0. The highest BCUT2D eigenvalue weighted by Crippen LogP contribution is 2.43. The zero-order valence-corrected chi connectivity index (χ0v) is 52.9. The molecule has 0 amide bonds. The van der Waals surface area contributed by atoms with Gasteiger partial charge in [0.1, 0.15) is 6.61 Å². The Morgan fingerprint density at radius 3 is 0.951 bits per heavy atom. The molecule has 0 aliphatic rings. The summed E-state index contributed by atoms with van der Waals surface area (Å²) in [6.07, 6.45) is 91.3. The van der Waals surface area contributed by atoms with E-state index in [0.29, 0.717) is 6.42 Å². The minimum atomic E-state index is -4.40. The van der Waals surface area contributed by atoms with Crippen LogP contribution in [0.1, 0.15) is 284 Å². The van der Waals surface area contributed by atoms with E-state index in [1.807, 2.05) is 0 Å². The molecule has 0 aromatic rings. The van der Waals surface area contributed by atoms with E-state index in [0.717, 1.165) is 116 Å². The summed E-state index contributed by atoms with van der Waals surface area (Å²) in [7, 11) is -4.40. The first kappa shape index (κ1) is 77.4. The summed E-state index contributed by atoms with van der Waals surface area (Å²) in [5, 5.41) is 0. The first-order chi connectivity index (χ1) is 39.8. The molecule has 0 bridgehead atoms. The van der Waals surface area contributed by atoms with E-state index >= 15 is 0 Å². The number of hydrogen-bond donors (Lipinski definition) is 2. The zero-order valence-electron chi connectivity index (χ0n) is 52.0. The number of nitrogens with two attached hydrogens (primary N) is 1. The second-order valence-corrected chi connectivity index (χ2v) is 23.0.